The number of allylic oxidation sites excluding steroid dienone is 3. The van der Waals surface area contributed by atoms with Gasteiger partial charge in [-0.25, -0.2) is 0 Å². The zero-order chi connectivity index (χ0) is 18.0. The van der Waals surface area contributed by atoms with Gasteiger partial charge < -0.3 is 10.2 Å². The lowest BCUT2D eigenvalue weighted by atomic mass is 9.50. The predicted molar refractivity (Wildman–Crippen MR) is 101 cm³/mol. The van der Waals surface area contributed by atoms with E-state index in [-0.39, 0.29) is 22.9 Å². The van der Waals surface area contributed by atoms with Gasteiger partial charge in [-0.05, 0) is 74.5 Å². The fraction of sp³-hybridized carbons (Fsp3) is 0.739. The van der Waals surface area contributed by atoms with Crippen molar-refractivity contribution in [3.05, 3.63) is 23.3 Å². The SMILES string of the molecule is C#C[C@@](C)(O)[C@H]1CC[C@H]2C3=CC=C4C[C@@H](O)CC[C@]4(C)[C@H]3CC[C@@]21C. The molecule has 7 atom stereocenters. The quantitative estimate of drug-likeness (QED) is 0.701. The van der Waals surface area contributed by atoms with Crippen LogP contribution in [0.5, 0.6) is 0 Å². The molecule has 2 N–H and O–H groups in total. The normalized spacial score (nSPS) is 48.2. The van der Waals surface area contributed by atoms with Crippen LogP contribution >= 0.6 is 0 Å². The molecule has 25 heavy (non-hydrogen) atoms. The summed E-state index contributed by atoms with van der Waals surface area (Å²) in [5.74, 6) is 3.99. The smallest absolute Gasteiger partial charge is 0.125 e. The number of rotatable bonds is 1. The summed E-state index contributed by atoms with van der Waals surface area (Å²) >= 11 is 0. The second-order valence-corrected chi connectivity index (χ2v) is 9.74. The first-order chi connectivity index (χ1) is 11.7. The van der Waals surface area contributed by atoms with Crippen LogP contribution in [-0.4, -0.2) is 21.9 Å². The van der Waals surface area contributed by atoms with Gasteiger partial charge in [0.25, 0.3) is 0 Å². The molecule has 0 aliphatic heterocycles. The van der Waals surface area contributed by atoms with Gasteiger partial charge in [-0.1, -0.05) is 43.1 Å². The topological polar surface area (TPSA) is 40.5 Å². The molecule has 0 aromatic rings. The monoisotopic (exact) mass is 340 g/mol. The number of hydrogen-bond acceptors (Lipinski definition) is 2. The number of aliphatic hydroxyl groups is 2. The van der Waals surface area contributed by atoms with Gasteiger partial charge >= 0.3 is 0 Å². The van der Waals surface area contributed by atoms with Crippen LogP contribution in [0.1, 0.15) is 65.7 Å². The molecular weight excluding hydrogens is 308 g/mol. The molecule has 0 saturated heterocycles. The van der Waals surface area contributed by atoms with Gasteiger partial charge in [0.2, 0.25) is 0 Å². The summed E-state index contributed by atoms with van der Waals surface area (Å²) in [6.07, 6.45) is 17.5. The zero-order valence-electron chi connectivity index (χ0n) is 15.9. The number of fused-ring (bicyclic) bond motifs is 5. The molecule has 136 valence electrons. The first-order valence-electron chi connectivity index (χ1n) is 10.0. The average molecular weight is 341 g/mol. The van der Waals surface area contributed by atoms with Crippen LogP contribution < -0.4 is 0 Å². The lowest BCUT2D eigenvalue weighted by molar-refractivity contribution is -0.0303. The maximum absolute atomic E-state index is 10.8. The highest BCUT2D eigenvalue weighted by Gasteiger charge is 2.59. The molecule has 0 radical (unpaired) electrons. The Balaban J connectivity index is 1.71. The van der Waals surface area contributed by atoms with Crippen molar-refractivity contribution in [2.75, 3.05) is 0 Å². The third kappa shape index (κ3) is 2.32. The van der Waals surface area contributed by atoms with E-state index in [0.29, 0.717) is 11.8 Å². The van der Waals surface area contributed by atoms with Crippen molar-refractivity contribution in [1.29, 1.82) is 0 Å². The van der Waals surface area contributed by atoms with Gasteiger partial charge in [0, 0.05) is 5.92 Å². The van der Waals surface area contributed by atoms with E-state index in [2.05, 4.69) is 31.9 Å². The maximum atomic E-state index is 10.8. The number of hydrogen-bond donors (Lipinski definition) is 2. The summed E-state index contributed by atoms with van der Waals surface area (Å²) in [7, 11) is 0. The van der Waals surface area contributed by atoms with E-state index in [0.717, 1.165) is 38.5 Å². The van der Waals surface area contributed by atoms with E-state index in [1.807, 2.05) is 6.92 Å². The van der Waals surface area contributed by atoms with Crippen LogP contribution in [0.2, 0.25) is 0 Å². The van der Waals surface area contributed by atoms with Crippen LogP contribution in [0.15, 0.2) is 23.3 Å². The molecule has 0 heterocycles. The Labute approximate surface area is 152 Å². The lowest BCUT2D eigenvalue weighted by Crippen LogP contribution is -2.49. The van der Waals surface area contributed by atoms with Crippen LogP contribution in [0.25, 0.3) is 0 Å². The Hall–Kier alpha value is -1.04. The summed E-state index contributed by atoms with van der Waals surface area (Å²) in [4.78, 5) is 0. The third-order valence-corrected chi connectivity index (χ3v) is 8.52. The molecule has 4 aliphatic rings. The van der Waals surface area contributed by atoms with E-state index in [1.165, 1.54) is 12.0 Å². The van der Waals surface area contributed by atoms with Crippen LogP contribution in [-0.2, 0) is 0 Å². The molecular formula is C23H32O2. The van der Waals surface area contributed by atoms with E-state index < -0.39 is 5.60 Å². The van der Waals surface area contributed by atoms with Gasteiger partial charge in [-0.2, -0.15) is 0 Å². The molecule has 0 aromatic heterocycles. The molecule has 3 fully saturated rings. The summed E-state index contributed by atoms with van der Waals surface area (Å²) in [6.45, 7) is 6.62. The molecule has 4 aliphatic carbocycles. The molecule has 0 unspecified atom stereocenters. The van der Waals surface area contributed by atoms with Crippen molar-refractivity contribution >= 4 is 0 Å². The minimum absolute atomic E-state index is 0.105. The van der Waals surface area contributed by atoms with Crippen molar-refractivity contribution in [2.24, 2.45) is 28.6 Å². The zero-order valence-corrected chi connectivity index (χ0v) is 15.9. The Kier molecular flexibility index (Phi) is 3.81. The summed E-state index contributed by atoms with van der Waals surface area (Å²) in [5, 5.41) is 20.9. The van der Waals surface area contributed by atoms with Crippen LogP contribution in [0.3, 0.4) is 0 Å². The molecule has 2 heteroatoms. The highest BCUT2D eigenvalue weighted by molar-refractivity contribution is 5.39. The first-order valence-corrected chi connectivity index (χ1v) is 10.0. The minimum Gasteiger partial charge on any atom is -0.393 e. The molecule has 0 amide bonds. The fourth-order valence-electron chi connectivity index (χ4n) is 7.01. The molecule has 2 nitrogen and oxygen atoms in total. The summed E-state index contributed by atoms with van der Waals surface area (Å²) in [6, 6.07) is 0. The summed E-state index contributed by atoms with van der Waals surface area (Å²) in [5.41, 5.74) is 2.37. The standard InChI is InChI=1S/C23H32O2/c1-5-23(4,25)20-9-8-18-17-7-6-15-14-16(24)10-12-21(15,2)19(17)11-13-22(18,20)3/h1,6-7,16,18-20,24-25H,8-14H2,2-4H3/t16-,18-,19-,20-,21-,22-,23+/m0/s1. The van der Waals surface area contributed by atoms with Crippen molar-refractivity contribution < 1.29 is 10.2 Å². The second kappa shape index (κ2) is 5.48. The third-order valence-electron chi connectivity index (χ3n) is 8.52. The Bertz CT molecular complexity index is 679. The minimum atomic E-state index is -1.01. The van der Waals surface area contributed by atoms with Crippen molar-refractivity contribution in [2.45, 2.75) is 77.4 Å². The lowest BCUT2D eigenvalue weighted by Gasteiger charge is -2.55. The van der Waals surface area contributed by atoms with Crippen LogP contribution in [0, 0.1) is 40.9 Å². The molecule has 4 rings (SSSR count). The molecule has 0 spiro atoms. The fourth-order valence-corrected chi connectivity index (χ4v) is 7.01. The van der Waals surface area contributed by atoms with Gasteiger partial charge in [-0.3, -0.25) is 0 Å². The number of aliphatic hydroxyl groups excluding tert-OH is 1. The van der Waals surface area contributed by atoms with Crippen molar-refractivity contribution in [3.63, 3.8) is 0 Å². The molecule has 3 saturated carbocycles. The molecule has 0 bridgehead atoms. The van der Waals surface area contributed by atoms with E-state index in [9.17, 15) is 10.2 Å². The van der Waals surface area contributed by atoms with Crippen molar-refractivity contribution in [1.82, 2.24) is 0 Å². The maximum Gasteiger partial charge on any atom is 0.125 e. The Morgan fingerprint density at radius 2 is 1.88 bits per heavy atom. The van der Waals surface area contributed by atoms with Gasteiger partial charge in [0.15, 0.2) is 0 Å². The predicted octanol–water partition coefficient (Wildman–Crippen LogP) is 4.23. The van der Waals surface area contributed by atoms with Gasteiger partial charge in [0.05, 0.1) is 6.10 Å². The highest BCUT2D eigenvalue weighted by atomic mass is 16.3. The largest absolute Gasteiger partial charge is 0.393 e. The van der Waals surface area contributed by atoms with E-state index in [4.69, 9.17) is 6.42 Å². The van der Waals surface area contributed by atoms with E-state index in [1.54, 1.807) is 5.57 Å². The van der Waals surface area contributed by atoms with Crippen LogP contribution in [0.4, 0.5) is 0 Å². The highest BCUT2D eigenvalue weighted by Crippen LogP contribution is 2.66. The molecule has 0 aromatic carbocycles. The average Bonchev–Trinajstić information content (AvgIpc) is 2.93. The number of terminal acetylenes is 1. The van der Waals surface area contributed by atoms with Crippen molar-refractivity contribution in [3.8, 4) is 12.3 Å². The van der Waals surface area contributed by atoms with Gasteiger partial charge in [-0.15, -0.1) is 6.42 Å². The van der Waals surface area contributed by atoms with Gasteiger partial charge in [0.1, 0.15) is 5.60 Å². The Morgan fingerprint density at radius 3 is 2.60 bits per heavy atom. The Morgan fingerprint density at radius 1 is 1.12 bits per heavy atom. The second-order valence-electron chi connectivity index (χ2n) is 9.74. The first kappa shape index (κ1) is 17.4. The van der Waals surface area contributed by atoms with E-state index >= 15 is 0 Å². The summed E-state index contributed by atoms with van der Waals surface area (Å²) < 4.78 is 0.